The number of nitrogens with one attached hydrogen (secondary N) is 1. The smallest absolute Gasteiger partial charge is 0.272 e. The molecule has 0 radical (unpaired) electrons. The van der Waals surface area contributed by atoms with E-state index in [9.17, 15) is 9.18 Å². The first-order valence-corrected chi connectivity index (χ1v) is 5.28. The van der Waals surface area contributed by atoms with E-state index in [-0.39, 0.29) is 17.6 Å². The van der Waals surface area contributed by atoms with E-state index >= 15 is 0 Å². The molecule has 1 aliphatic rings. The van der Waals surface area contributed by atoms with Gasteiger partial charge < -0.3 is 10.2 Å². The molecule has 1 saturated heterocycles. The zero-order valence-corrected chi connectivity index (χ0v) is 9.11. The highest BCUT2D eigenvalue weighted by Gasteiger charge is 2.24. The number of carbonyl (C=O) groups excluding carboxylic acids is 1. The van der Waals surface area contributed by atoms with Crippen molar-refractivity contribution in [3.63, 3.8) is 0 Å². The molecule has 1 N–H and O–H groups in total. The third-order valence-electron chi connectivity index (χ3n) is 2.85. The van der Waals surface area contributed by atoms with E-state index < -0.39 is 5.82 Å². The molecule has 0 aliphatic carbocycles. The molecular weight excluding hydrogens is 209 g/mol. The molecule has 4 nitrogen and oxygen atoms in total. The fourth-order valence-corrected chi connectivity index (χ4v) is 1.82. The Morgan fingerprint density at radius 3 is 3.00 bits per heavy atom. The van der Waals surface area contributed by atoms with Crippen LogP contribution in [0.3, 0.4) is 0 Å². The number of hydrogen-bond acceptors (Lipinski definition) is 3. The molecule has 5 heteroatoms. The average Bonchev–Trinajstić information content (AvgIpc) is 2.81. The Labute approximate surface area is 93.5 Å². The van der Waals surface area contributed by atoms with Gasteiger partial charge in [-0.2, -0.15) is 0 Å². The Kier molecular flexibility index (Phi) is 3.14. The average molecular weight is 223 g/mol. The lowest BCUT2D eigenvalue weighted by molar-refractivity contribution is 0.0738. The van der Waals surface area contributed by atoms with E-state index in [1.165, 1.54) is 12.1 Å². The van der Waals surface area contributed by atoms with Crippen LogP contribution in [0, 0.1) is 5.82 Å². The second kappa shape index (κ2) is 4.57. The van der Waals surface area contributed by atoms with Crippen molar-refractivity contribution >= 4 is 5.91 Å². The topological polar surface area (TPSA) is 45.2 Å². The molecule has 0 saturated carbocycles. The molecule has 1 atom stereocenters. The maximum atomic E-state index is 12.7. The first-order valence-electron chi connectivity index (χ1n) is 5.28. The van der Waals surface area contributed by atoms with Crippen LogP contribution in [0.1, 0.15) is 16.9 Å². The lowest BCUT2D eigenvalue weighted by atomic mass is 10.2. The van der Waals surface area contributed by atoms with Gasteiger partial charge in [-0.05, 0) is 25.1 Å². The second-order valence-corrected chi connectivity index (χ2v) is 3.92. The molecule has 1 fully saturated rings. The fourth-order valence-electron chi connectivity index (χ4n) is 1.82. The van der Waals surface area contributed by atoms with E-state index in [4.69, 9.17) is 0 Å². The minimum Gasteiger partial charge on any atom is -0.336 e. The van der Waals surface area contributed by atoms with Gasteiger partial charge in [0.1, 0.15) is 11.5 Å². The monoisotopic (exact) mass is 223 g/mol. The maximum Gasteiger partial charge on any atom is 0.272 e. The number of amides is 1. The summed E-state index contributed by atoms with van der Waals surface area (Å²) in [6.07, 6.45) is 2.01. The van der Waals surface area contributed by atoms with E-state index in [0.29, 0.717) is 0 Å². The van der Waals surface area contributed by atoms with Gasteiger partial charge in [0.2, 0.25) is 0 Å². The van der Waals surface area contributed by atoms with E-state index in [1.807, 2.05) is 0 Å². The van der Waals surface area contributed by atoms with E-state index in [0.717, 1.165) is 25.7 Å². The Morgan fingerprint density at radius 2 is 2.44 bits per heavy atom. The van der Waals surface area contributed by atoms with Crippen molar-refractivity contribution < 1.29 is 9.18 Å². The van der Waals surface area contributed by atoms with Crippen LogP contribution < -0.4 is 5.32 Å². The number of pyridine rings is 1. The minimum atomic E-state index is -0.429. The Morgan fingerprint density at radius 1 is 1.62 bits per heavy atom. The van der Waals surface area contributed by atoms with Crippen LogP contribution in [-0.2, 0) is 0 Å². The molecule has 1 aromatic rings. The molecule has 0 spiro atoms. The molecule has 1 aliphatic heterocycles. The summed E-state index contributed by atoms with van der Waals surface area (Å²) in [5.74, 6) is -0.588. The summed E-state index contributed by atoms with van der Waals surface area (Å²) in [7, 11) is 1.75. The van der Waals surface area contributed by atoms with E-state index in [1.54, 1.807) is 11.9 Å². The van der Waals surface area contributed by atoms with Gasteiger partial charge in [-0.15, -0.1) is 0 Å². The lowest BCUT2D eigenvalue weighted by Crippen LogP contribution is -2.38. The Hall–Kier alpha value is -1.49. The molecule has 1 unspecified atom stereocenters. The van der Waals surface area contributed by atoms with Crippen LogP contribution in [0.4, 0.5) is 4.39 Å². The van der Waals surface area contributed by atoms with Gasteiger partial charge in [0, 0.05) is 19.6 Å². The van der Waals surface area contributed by atoms with Crippen LogP contribution in [0.15, 0.2) is 18.3 Å². The van der Waals surface area contributed by atoms with Crippen molar-refractivity contribution in [2.45, 2.75) is 12.5 Å². The van der Waals surface area contributed by atoms with Gasteiger partial charge in [-0.25, -0.2) is 9.37 Å². The van der Waals surface area contributed by atoms with Crippen molar-refractivity contribution in [1.82, 2.24) is 15.2 Å². The van der Waals surface area contributed by atoms with Gasteiger partial charge in [0.25, 0.3) is 5.91 Å². The number of aromatic nitrogens is 1. The van der Waals surface area contributed by atoms with Crippen molar-refractivity contribution in [3.05, 3.63) is 29.8 Å². The zero-order chi connectivity index (χ0) is 11.5. The van der Waals surface area contributed by atoms with Crippen LogP contribution in [0.2, 0.25) is 0 Å². The normalized spacial score (nSPS) is 19.8. The number of likely N-dealkylation sites (N-methyl/N-ethyl adjacent to an activating group) is 1. The number of hydrogen-bond donors (Lipinski definition) is 1. The van der Waals surface area contributed by atoms with Crippen LogP contribution in [-0.4, -0.2) is 42.0 Å². The molecular formula is C11H14FN3O. The van der Waals surface area contributed by atoms with Crippen LogP contribution >= 0.6 is 0 Å². The minimum absolute atomic E-state index is 0.159. The van der Waals surface area contributed by atoms with Crippen LogP contribution in [0.25, 0.3) is 0 Å². The number of rotatable bonds is 2. The SMILES string of the molecule is CN(C(=O)c1ccc(F)cn1)C1CCNC1. The standard InChI is InChI=1S/C11H14FN3O/c1-15(9-4-5-13-7-9)11(16)10-3-2-8(12)6-14-10/h2-3,6,9,13H,4-5,7H2,1H3. The molecule has 1 amide bonds. The fraction of sp³-hybridized carbons (Fsp3) is 0.455. The molecule has 86 valence electrons. The maximum absolute atomic E-state index is 12.7. The summed E-state index contributed by atoms with van der Waals surface area (Å²) in [4.78, 5) is 17.4. The molecule has 16 heavy (non-hydrogen) atoms. The highest BCUT2D eigenvalue weighted by molar-refractivity contribution is 5.92. The summed E-state index contributed by atoms with van der Waals surface area (Å²) >= 11 is 0. The summed E-state index contributed by atoms with van der Waals surface area (Å²) in [5.41, 5.74) is 0.288. The third-order valence-corrected chi connectivity index (χ3v) is 2.85. The molecule has 2 heterocycles. The molecule has 2 rings (SSSR count). The van der Waals surface area contributed by atoms with Crippen molar-refractivity contribution in [3.8, 4) is 0 Å². The predicted molar refractivity (Wildman–Crippen MR) is 57.6 cm³/mol. The first-order chi connectivity index (χ1) is 7.68. The zero-order valence-electron chi connectivity index (χ0n) is 9.11. The Bertz CT molecular complexity index is 373. The highest BCUT2D eigenvalue weighted by atomic mass is 19.1. The highest BCUT2D eigenvalue weighted by Crippen LogP contribution is 2.10. The first kappa shape index (κ1) is 11.0. The van der Waals surface area contributed by atoms with Crippen molar-refractivity contribution in [2.24, 2.45) is 0 Å². The Balaban J connectivity index is 2.08. The predicted octanol–water partition coefficient (Wildman–Crippen LogP) is 0.655. The van der Waals surface area contributed by atoms with Gasteiger partial charge in [0.05, 0.1) is 6.20 Å². The summed E-state index contributed by atoms with van der Waals surface area (Å²) in [6.45, 7) is 1.74. The number of halogens is 1. The van der Waals surface area contributed by atoms with Crippen molar-refractivity contribution in [2.75, 3.05) is 20.1 Å². The lowest BCUT2D eigenvalue weighted by Gasteiger charge is -2.23. The summed E-state index contributed by atoms with van der Waals surface area (Å²) < 4.78 is 12.7. The third kappa shape index (κ3) is 2.19. The number of carbonyl (C=O) groups is 1. The number of nitrogens with zero attached hydrogens (tertiary/aromatic N) is 2. The summed E-state index contributed by atoms with van der Waals surface area (Å²) in [5, 5.41) is 3.19. The van der Waals surface area contributed by atoms with Gasteiger partial charge in [0.15, 0.2) is 0 Å². The van der Waals surface area contributed by atoms with Gasteiger partial charge in [-0.3, -0.25) is 4.79 Å². The quantitative estimate of drug-likeness (QED) is 0.801. The largest absolute Gasteiger partial charge is 0.336 e. The second-order valence-electron chi connectivity index (χ2n) is 3.92. The van der Waals surface area contributed by atoms with Crippen LogP contribution in [0.5, 0.6) is 0 Å². The molecule has 0 aromatic carbocycles. The van der Waals surface area contributed by atoms with Gasteiger partial charge >= 0.3 is 0 Å². The van der Waals surface area contributed by atoms with Gasteiger partial charge in [-0.1, -0.05) is 0 Å². The van der Waals surface area contributed by atoms with E-state index in [2.05, 4.69) is 10.3 Å². The molecule has 0 bridgehead atoms. The summed E-state index contributed by atoms with van der Waals surface area (Å²) in [6, 6.07) is 2.87. The van der Waals surface area contributed by atoms with Crippen molar-refractivity contribution in [1.29, 1.82) is 0 Å². The molecule has 1 aromatic heterocycles.